The molecule has 0 unspecified atom stereocenters. The van der Waals surface area contributed by atoms with E-state index in [9.17, 15) is 4.79 Å². The number of aromatic nitrogens is 2. The van der Waals surface area contributed by atoms with Crippen molar-refractivity contribution < 1.29 is 4.79 Å². The Morgan fingerprint density at radius 2 is 2.17 bits per heavy atom. The first kappa shape index (κ1) is 17.3. The SMILES string of the molecule is CCCCC1CCC(C(=O)NCc2cn3ccc(Cl)cc3n2)CC1. The van der Waals surface area contributed by atoms with Crippen LogP contribution in [0, 0.1) is 11.8 Å². The van der Waals surface area contributed by atoms with Crippen LogP contribution in [0.3, 0.4) is 0 Å². The number of nitrogens with zero attached hydrogens (tertiary/aromatic N) is 2. The van der Waals surface area contributed by atoms with E-state index in [1.54, 1.807) is 0 Å². The number of amides is 1. The topological polar surface area (TPSA) is 46.4 Å². The Balaban J connectivity index is 1.48. The second kappa shape index (κ2) is 8.02. The van der Waals surface area contributed by atoms with E-state index >= 15 is 0 Å². The third-order valence-electron chi connectivity index (χ3n) is 5.10. The van der Waals surface area contributed by atoms with Crippen LogP contribution in [0.2, 0.25) is 5.02 Å². The molecule has 0 radical (unpaired) electrons. The molecule has 1 N–H and O–H groups in total. The van der Waals surface area contributed by atoms with Crippen LogP contribution in [-0.2, 0) is 11.3 Å². The first-order chi connectivity index (χ1) is 11.7. The monoisotopic (exact) mass is 347 g/mol. The molecule has 1 aliphatic carbocycles. The molecule has 1 saturated carbocycles. The molecule has 4 nitrogen and oxygen atoms in total. The number of fused-ring (bicyclic) bond motifs is 1. The number of nitrogens with one attached hydrogen (secondary N) is 1. The summed E-state index contributed by atoms with van der Waals surface area (Å²) in [5.74, 6) is 1.19. The Labute approximate surface area is 148 Å². The molecule has 2 aromatic heterocycles. The summed E-state index contributed by atoms with van der Waals surface area (Å²) < 4.78 is 1.92. The summed E-state index contributed by atoms with van der Waals surface area (Å²) in [4.78, 5) is 16.9. The van der Waals surface area contributed by atoms with Crippen LogP contribution in [0.5, 0.6) is 0 Å². The zero-order valence-corrected chi connectivity index (χ0v) is 15.1. The van der Waals surface area contributed by atoms with Crippen LogP contribution in [0.15, 0.2) is 24.5 Å². The lowest BCUT2D eigenvalue weighted by molar-refractivity contribution is -0.126. The standard InChI is InChI=1S/C19H26ClN3O/c1-2-3-4-14-5-7-15(8-6-14)19(24)21-12-17-13-23-10-9-16(20)11-18(23)22-17/h9-11,13-15H,2-8,12H2,1H3,(H,21,24). The van der Waals surface area contributed by atoms with Gasteiger partial charge >= 0.3 is 0 Å². The van der Waals surface area contributed by atoms with Gasteiger partial charge in [0.1, 0.15) is 5.65 Å². The van der Waals surface area contributed by atoms with Gasteiger partial charge in [-0.25, -0.2) is 4.98 Å². The fraction of sp³-hybridized carbons (Fsp3) is 0.579. The average Bonchev–Trinajstić information content (AvgIpc) is 3.00. The van der Waals surface area contributed by atoms with E-state index in [0.29, 0.717) is 11.6 Å². The van der Waals surface area contributed by atoms with E-state index < -0.39 is 0 Å². The minimum Gasteiger partial charge on any atom is -0.350 e. The molecule has 130 valence electrons. The van der Waals surface area contributed by atoms with Gasteiger partial charge in [-0.3, -0.25) is 4.79 Å². The van der Waals surface area contributed by atoms with Gasteiger partial charge in [-0.2, -0.15) is 0 Å². The molecule has 5 heteroatoms. The van der Waals surface area contributed by atoms with E-state index in [2.05, 4.69) is 17.2 Å². The largest absolute Gasteiger partial charge is 0.350 e. The van der Waals surface area contributed by atoms with Crippen molar-refractivity contribution >= 4 is 23.2 Å². The van der Waals surface area contributed by atoms with E-state index in [4.69, 9.17) is 11.6 Å². The summed E-state index contributed by atoms with van der Waals surface area (Å²) in [6.45, 7) is 2.72. The highest BCUT2D eigenvalue weighted by Crippen LogP contribution is 2.32. The van der Waals surface area contributed by atoms with Crippen molar-refractivity contribution in [2.45, 2.75) is 58.4 Å². The van der Waals surface area contributed by atoms with Crippen molar-refractivity contribution in [1.82, 2.24) is 14.7 Å². The van der Waals surface area contributed by atoms with Crippen LogP contribution < -0.4 is 5.32 Å². The number of imidazole rings is 1. The lowest BCUT2D eigenvalue weighted by Gasteiger charge is -2.27. The number of carbonyl (C=O) groups excluding carboxylic acids is 1. The maximum atomic E-state index is 12.4. The highest BCUT2D eigenvalue weighted by atomic mass is 35.5. The van der Waals surface area contributed by atoms with Gasteiger partial charge in [-0.1, -0.05) is 37.8 Å². The Bertz CT molecular complexity index is 689. The van der Waals surface area contributed by atoms with Gasteiger partial charge in [0.2, 0.25) is 5.91 Å². The molecule has 0 spiro atoms. The van der Waals surface area contributed by atoms with Gasteiger partial charge in [0.15, 0.2) is 0 Å². The lowest BCUT2D eigenvalue weighted by Crippen LogP contribution is -2.32. The molecule has 1 amide bonds. The average molecular weight is 348 g/mol. The van der Waals surface area contributed by atoms with Gasteiger partial charge in [0, 0.05) is 23.3 Å². The Hall–Kier alpha value is -1.55. The van der Waals surface area contributed by atoms with Crippen molar-refractivity contribution in [3.05, 3.63) is 35.2 Å². The van der Waals surface area contributed by atoms with Crippen LogP contribution in [0.1, 0.15) is 57.6 Å². The number of rotatable bonds is 6. The Morgan fingerprint density at radius 3 is 2.92 bits per heavy atom. The number of unbranched alkanes of at least 4 members (excludes halogenated alkanes) is 1. The quantitative estimate of drug-likeness (QED) is 0.830. The fourth-order valence-corrected chi connectivity index (χ4v) is 3.78. The molecule has 0 aromatic carbocycles. The summed E-state index contributed by atoms with van der Waals surface area (Å²) >= 11 is 5.98. The molecule has 2 aromatic rings. The summed E-state index contributed by atoms with van der Waals surface area (Å²) in [5.41, 5.74) is 1.67. The molecule has 3 rings (SSSR count). The summed E-state index contributed by atoms with van der Waals surface area (Å²) in [5, 5.41) is 3.72. The second-order valence-electron chi connectivity index (χ2n) is 6.92. The smallest absolute Gasteiger partial charge is 0.223 e. The molecule has 0 aliphatic heterocycles. The molecule has 0 saturated heterocycles. The first-order valence-corrected chi connectivity index (χ1v) is 9.44. The minimum atomic E-state index is 0.175. The van der Waals surface area contributed by atoms with Crippen molar-refractivity contribution in [3.63, 3.8) is 0 Å². The van der Waals surface area contributed by atoms with Crippen molar-refractivity contribution in [2.75, 3.05) is 0 Å². The lowest BCUT2D eigenvalue weighted by atomic mass is 9.79. The maximum Gasteiger partial charge on any atom is 0.223 e. The number of hydrogen-bond donors (Lipinski definition) is 1. The normalized spacial score (nSPS) is 21.1. The molecular weight excluding hydrogens is 322 g/mol. The summed E-state index contributed by atoms with van der Waals surface area (Å²) in [6, 6.07) is 3.65. The minimum absolute atomic E-state index is 0.175. The van der Waals surface area contributed by atoms with E-state index in [1.807, 2.05) is 28.9 Å². The van der Waals surface area contributed by atoms with Crippen LogP contribution in [0.4, 0.5) is 0 Å². The van der Waals surface area contributed by atoms with Crippen LogP contribution in [-0.4, -0.2) is 15.3 Å². The molecule has 1 aliphatic rings. The van der Waals surface area contributed by atoms with Gasteiger partial charge in [0.25, 0.3) is 0 Å². The molecular formula is C19H26ClN3O. The zero-order valence-electron chi connectivity index (χ0n) is 14.3. The Morgan fingerprint density at radius 1 is 1.38 bits per heavy atom. The third-order valence-corrected chi connectivity index (χ3v) is 5.33. The van der Waals surface area contributed by atoms with E-state index in [1.165, 1.54) is 32.1 Å². The second-order valence-corrected chi connectivity index (χ2v) is 7.36. The first-order valence-electron chi connectivity index (χ1n) is 9.06. The molecule has 24 heavy (non-hydrogen) atoms. The number of hydrogen-bond acceptors (Lipinski definition) is 2. The predicted molar refractivity (Wildman–Crippen MR) is 97.0 cm³/mol. The van der Waals surface area contributed by atoms with E-state index in [-0.39, 0.29) is 11.8 Å². The number of pyridine rings is 1. The Kier molecular flexibility index (Phi) is 5.77. The van der Waals surface area contributed by atoms with Gasteiger partial charge in [-0.05, 0) is 43.7 Å². The highest BCUT2D eigenvalue weighted by molar-refractivity contribution is 6.30. The van der Waals surface area contributed by atoms with Crippen LogP contribution in [0.25, 0.3) is 5.65 Å². The summed E-state index contributed by atoms with van der Waals surface area (Å²) in [7, 11) is 0. The van der Waals surface area contributed by atoms with Crippen molar-refractivity contribution in [2.24, 2.45) is 11.8 Å². The van der Waals surface area contributed by atoms with Crippen molar-refractivity contribution in [3.8, 4) is 0 Å². The van der Waals surface area contributed by atoms with Crippen LogP contribution >= 0.6 is 11.6 Å². The predicted octanol–water partition coefficient (Wildman–Crippen LogP) is 4.60. The van der Waals surface area contributed by atoms with E-state index in [0.717, 1.165) is 30.1 Å². The number of halogens is 1. The molecule has 2 heterocycles. The number of carbonyl (C=O) groups is 1. The maximum absolute atomic E-state index is 12.4. The zero-order chi connectivity index (χ0) is 16.9. The highest BCUT2D eigenvalue weighted by Gasteiger charge is 2.25. The summed E-state index contributed by atoms with van der Waals surface area (Å²) in [6.07, 6.45) is 12.2. The van der Waals surface area contributed by atoms with Gasteiger partial charge in [-0.15, -0.1) is 0 Å². The molecule has 0 bridgehead atoms. The van der Waals surface area contributed by atoms with Gasteiger partial charge in [0.05, 0.1) is 12.2 Å². The molecule has 1 fully saturated rings. The van der Waals surface area contributed by atoms with Gasteiger partial charge < -0.3 is 9.72 Å². The van der Waals surface area contributed by atoms with Crippen molar-refractivity contribution in [1.29, 1.82) is 0 Å². The molecule has 0 atom stereocenters. The third kappa shape index (κ3) is 4.29. The fourth-order valence-electron chi connectivity index (χ4n) is 3.62.